The summed E-state index contributed by atoms with van der Waals surface area (Å²) in [4.78, 5) is 3.90. The molecule has 5 heteroatoms. The van der Waals surface area contributed by atoms with E-state index in [1.807, 2.05) is 6.07 Å². The Balaban J connectivity index is 2.88. The Hall–Kier alpha value is -0.610. The zero-order valence-electron chi connectivity index (χ0n) is 7.53. The van der Waals surface area contributed by atoms with Crippen molar-refractivity contribution in [2.45, 2.75) is 5.75 Å². The van der Waals surface area contributed by atoms with Gasteiger partial charge in [0.1, 0.15) is 5.15 Å². The van der Waals surface area contributed by atoms with E-state index in [2.05, 4.69) is 9.35 Å². The molecular weight excluding hydrogens is 208 g/mol. The van der Waals surface area contributed by atoms with Crippen LogP contribution >= 0.6 is 11.6 Å². The van der Waals surface area contributed by atoms with Crippen molar-refractivity contribution in [2.75, 3.05) is 13.3 Å². The molecule has 0 amide bonds. The second-order valence-corrected chi connectivity index (χ2v) is 5.74. The van der Waals surface area contributed by atoms with Crippen molar-refractivity contribution < 1.29 is 4.21 Å². The molecule has 1 aromatic heterocycles. The highest BCUT2D eigenvalue weighted by Crippen LogP contribution is 2.08. The Morgan fingerprint density at radius 1 is 1.62 bits per heavy atom. The van der Waals surface area contributed by atoms with Gasteiger partial charge in [0.05, 0.1) is 5.75 Å². The van der Waals surface area contributed by atoms with Crippen molar-refractivity contribution in [1.29, 1.82) is 0 Å². The summed E-state index contributed by atoms with van der Waals surface area (Å²) >= 11 is 5.61. The Morgan fingerprint density at radius 2 is 2.31 bits per heavy atom. The minimum absolute atomic E-state index is 0.424. The molecule has 13 heavy (non-hydrogen) atoms. The second-order valence-electron chi connectivity index (χ2n) is 2.78. The molecule has 0 saturated carbocycles. The summed E-state index contributed by atoms with van der Waals surface area (Å²) in [5, 5.41) is 0.444. The number of rotatable bonds is 2. The van der Waals surface area contributed by atoms with Crippen LogP contribution in [0.1, 0.15) is 5.56 Å². The maximum atomic E-state index is 11.6. The van der Waals surface area contributed by atoms with E-state index in [9.17, 15) is 4.21 Å². The number of hydrogen-bond donors (Lipinski definition) is 0. The van der Waals surface area contributed by atoms with Gasteiger partial charge in [-0.3, -0.25) is 0 Å². The van der Waals surface area contributed by atoms with Gasteiger partial charge in [0.25, 0.3) is 0 Å². The van der Waals surface area contributed by atoms with Crippen LogP contribution in [-0.4, -0.2) is 22.5 Å². The Labute approximate surface area is 83.3 Å². The fourth-order valence-corrected chi connectivity index (χ4v) is 1.90. The van der Waals surface area contributed by atoms with Crippen molar-refractivity contribution in [2.24, 2.45) is 4.36 Å². The van der Waals surface area contributed by atoms with Gasteiger partial charge in [-0.1, -0.05) is 17.7 Å². The van der Waals surface area contributed by atoms with Gasteiger partial charge in [-0.25, -0.2) is 13.6 Å². The van der Waals surface area contributed by atoms with Gasteiger partial charge in [0, 0.05) is 29.2 Å². The van der Waals surface area contributed by atoms with Crippen LogP contribution in [0, 0.1) is 0 Å². The second kappa shape index (κ2) is 4.07. The van der Waals surface area contributed by atoms with Crippen LogP contribution in [0.5, 0.6) is 0 Å². The minimum Gasteiger partial charge on any atom is -0.250 e. The van der Waals surface area contributed by atoms with Crippen LogP contribution in [0.15, 0.2) is 22.7 Å². The molecule has 3 nitrogen and oxygen atoms in total. The summed E-state index contributed by atoms with van der Waals surface area (Å²) in [6, 6.07) is 3.49. The molecule has 0 radical (unpaired) electrons. The minimum atomic E-state index is -2.09. The molecule has 0 aliphatic carbocycles. The Bertz CT molecular complexity index is 393. The average Bonchev–Trinajstić information content (AvgIpc) is 2.09. The summed E-state index contributed by atoms with van der Waals surface area (Å²) < 4.78 is 15.4. The summed E-state index contributed by atoms with van der Waals surface area (Å²) in [7, 11) is -0.532. The molecule has 0 aliphatic rings. The van der Waals surface area contributed by atoms with E-state index >= 15 is 0 Å². The number of halogens is 1. The van der Waals surface area contributed by atoms with E-state index in [1.165, 1.54) is 0 Å². The molecule has 72 valence electrons. The first-order chi connectivity index (χ1) is 6.03. The zero-order chi connectivity index (χ0) is 9.90. The lowest BCUT2D eigenvalue weighted by molar-refractivity contribution is 0.679. The van der Waals surface area contributed by atoms with E-state index in [0.29, 0.717) is 10.9 Å². The van der Waals surface area contributed by atoms with Crippen molar-refractivity contribution in [3.05, 3.63) is 29.0 Å². The predicted molar refractivity (Wildman–Crippen MR) is 55.4 cm³/mol. The van der Waals surface area contributed by atoms with Crippen LogP contribution in [0.2, 0.25) is 5.15 Å². The van der Waals surface area contributed by atoms with Gasteiger partial charge in [-0.05, 0) is 11.6 Å². The molecule has 0 N–H and O–H groups in total. The molecule has 0 aliphatic heterocycles. The van der Waals surface area contributed by atoms with Gasteiger partial charge in [-0.2, -0.15) is 0 Å². The molecule has 1 unspecified atom stereocenters. The van der Waals surface area contributed by atoms with Gasteiger partial charge in [0.2, 0.25) is 0 Å². The van der Waals surface area contributed by atoms with E-state index < -0.39 is 9.73 Å². The lowest BCUT2D eigenvalue weighted by Crippen LogP contribution is -2.00. The zero-order valence-corrected chi connectivity index (χ0v) is 9.10. The molecule has 0 fully saturated rings. The van der Waals surface area contributed by atoms with Gasteiger partial charge in [-0.15, -0.1) is 0 Å². The summed E-state index contributed by atoms with van der Waals surface area (Å²) in [5.41, 5.74) is 0.891. The summed E-state index contributed by atoms with van der Waals surface area (Å²) in [6.07, 6.45) is 3.25. The molecule has 1 aromatic rings. The first-order valence-corrected chi connectivity index (χ1v) is 6.19. The topological polar surface area (TPSA) is 42.3 Å². The monoisotopic (exact) mass is 218 g/mol. The SMILES string of the molecule is CN=S(C)(=O)Cc1ccc(Cl)nc1. The largest absolute Gasteiger partial charge is 0.250 e. The fourth-order valence-electron chi connectivity index (χ4n) is 0.866. The van der Waals surface area contributed by atoms with Crippen LogP contribution < -0.4 is 0 Å². The third-order valence-electron chi connectivity index (χ3n) is 1.61. The van der Waals surface area contributed by atoms with Gasteiger partial charge in [0.15, 0.2) is 0 Å². The predicted octanol–water partition coefficient (Wildman–Crippen LogP) is 1.96. The summed E-state index contributed by atoms with van der Waals surface area (Å²) in [5.74, 6) is 0.424. The third-order valence-corrected chi connectivity index (χ3v) is 3.47. The lowest BCUT2D eigenvalue weighted by atomic mass is 10.3. The van der Waals surface area contributed by atoms with Crippen LogP contribution in [0.25, 0.3) is 0 Å². The first-order valence-electron chi connectivity index (χ1n) is 3.72. The fraction of sp³-hybridized carbons (Fsp3) is 0.375. The van der Waals surface area contributed by atoms with Gasteiger partial charge < -0.3 is 0 Å². The van der Waals surface area contributed by atoms with Crippen molar-refractivity contribution in [1.82, 2.24) is 4.98 Å². The average molecular weight is 219 g/mol. The maximum Gasteiger partial charge on any atom is 0.129 e. The molecule has 0 bridgehead atoms. The molecular formula is C8H11ClN2OS. The van der Waals surface area contributed by atoms with E-state index in [-0.39, 0.29) is 0 Å². The normalized spacial score (nSPS) is 15.0. The van der Waals surface area contributed by atoms with Crippen LogP contribution in [-0.2, 0) is 15.5 Å². The molecule has 1 heterocycles. The van der Waals surface area contributed by atoms with E-state index in [1.54, 1.807) is 25.6 Å². The number of hydrogen-bond acceptors (Lipinski definition) is 3. The highest BCUT2D eigenvalue weighted by molar-refractivity contribution is 7.92. The summed E-state index contributed by atoms with van der Waals surface area (Å²) in [6.45, 7) is 0. The lowest BCUT2D eigenvalue weighted by Gasteiger charge is -2.02. The van der Waals surface area contributed by atoms with Gasteiger partial charge >= 0.3 is 0 Å². The number of aromatic nitrogens is 1. The van der Waals surface area contributed by atoms with Crippen molar-refractivity contribution in [3.63, 3.8) is 0 Å². The molecule has 0 spiro atoms. The molecule has 0 aromatic carbocycles. The molecule has 1 rings (SSSR count). The quantitative estimate of drug-likeness (QED) is 0.713. The Morgan fingerprint density at radius 3 is 2.77 bits per heavy atom. The highest BCUT2D eigenvalue weighted by atomic mass is 35.5. The van der Waals surface area contributed by atoms with E-state index in [0.717, 1.165) is 5.56 Å². The highest BCUT2D eigenvalue weighted by Gasteiger charge is 2.02. The van der Waals surface area contributed by atoms with Crippen molar-refractivity contribution in [3.8, 4) is 0 Å². The maximum absolute atomic E-state index is 11.6. The van der Waals surface area contributed by atoms with Crippen LogP contribution in [0.3, 0.4) is 0 Å². The smallest absolute Gasteiger partial charge is 0.129 e. The van der Waals surface area contributed by atoms with Crippen LogP contribution in [0.4, 0.5) is 0 Å². The first kappa shape index (κ1) is 10.5. The number of nitrogens with zero attached hydrogens (tertiary/aromatic N) is 2. The standard InChI is InChI=1S/C8H11ClN2OS/c1-10-13(2,12)6-7-3-4-8(9)11-5-7/h3-5H,6H2,1-2H3. The Kier molecular flexibility index (Phi) is 3.27. The molecule has 0 saturated heterocycles. The molecule has 1 atom stereocenters. The third kappa shape index (κ3) is 3.32. The van der Waals surface area contributed by atoms with E-state index in [4.69, 9.17) is 11.6 Å². The van der Waals surface area contributed by atoms with Crippen molar-refractivity contribution >= 4 is 21.3 Å². The number of pyridine rings is 1.